The summed E-state index contributed by atoms with van der Waals surface area (Å²) in [4.78, 5) is 14.7. The Morgan fingerprint density at radius 2 is 1.92 bits per heavy atom. The molecule has 122 valence electrons. The van der Waals surface area contributed by atoms with Crippen LogP contribution in [0.2, 0.25) is 0 Å². The third-order valence-corrected chi connectivity index (χ3v) is 5.06. The normalized spacial score (nSPS) is 16.9. The van der Waals surface area contributed by atoms with Gasteiger partial charge in [-0.2, -0.15) is 0 Å². The minimum absolute atomic E-state index is 0.151. The van der Waals surface area contributed by atoms with Crippen molar-refractivity contribution in [2.45, 2.75) is 33.1 Å². The van der Waals surface area contributed by atoms with Crippen LogP contribution in [0.1, 0.15) is 35.3 Å². The molecule has 1 aromatic heterocycles. The number of para-hydroxylation sites is 1. The van der Waals surface area contributed by atoms with Crippen molar-refractivity contribution in [3.05, 3.63) is 64.9 Å². The molecule has 0 bridgehead atoms. The molecule has 1 atom stereocenters. The smallest absolute Gasteiger partial charge is 0.235 e. The van der Waals surface area contributed by atoms with Gasteiger partial charge in [0.25, 0.3) is 0 Å². The van der Waals surface area contributed by atoms with Crippen LogP contribution in [0.15, 0.2) is 46.9 Å². The van der Waals surface area contributed by atoms with E-state index >= 15 is 0 Å². The largest absolute Gasteiger partial charge is 0.461 e. The molecule has 24 heavy (non-hydrogen) atoms. The number of likely N-dealkylation sites (N-methyl/N-ethyl adjacent to an activating group) is 1. The van der Waals surface area contributed by atoms with E-state index in [2.05, 4.69) is 32.0 Å². The summed E-state index contributed by atoms with van der Waals surface area (Å²) < 4.78 is 6.08. The molecule has 0 saturated carbocycles. The number of furan rings is 1. The van der Waals surface area contributed by atoms with E-state index in [1.807, 2.05) is 36.1 Å². The Morgan fingerprint density at radius 1 is 1.12 bits per heavy atom. The molecular weight excluding hydrogens is 298 g/mol. The van der Waals surface area contributed by atoms with Gasteiger partial charge in [0.1, 0.15) is 11.3 Å². The highest BCUT2D eigenvalue weighted by Gasteiger charge is 2.37. The summed E-state index contributed by atoms with van der Waals surface area (Å²) in [5, 5.41) is 1.15. The average Bonchev–Trinajstić information content (AvgIpc) is 3.03. The summed E-state index contributed by atoms with van der Waals surface area (Å²) in [6.45, 7) is 6.89. The van der Waals surface area contributed by atoms with Crippen LogP contribution in [0, 0.1) is 13.8 Å². The third-order valence-electron chi connectivity index (χ3n) is 5.06. The van der Waals surface area contributed by atoms with Crippen molar-refractivity contribution in [3.8, 4) is 0 Å². The van der Waals surface area contributed by atoms with Crippen LogP contribution in [-0.2, 0) is 11.2 Å². The number of anilines is 1. The van der Waals surface area contributed by atoms with E-state index in [0.29, 0.717) is 13.0 Å². The number of benzene rings is 2. The standard InChI is InChI=1S/C21H21NO2/c1-4-22-18-8-6-5-7-15(18)17(21(22)23)12-20-14(3)16-11-13(2)9-10-19(16)24-20/h5-11,17H,4,12H2,1-3H3/t17-/m1/s1. The first kappa shape index (κ1) is 15.0. The van der Waals surface area contributed by atoms with Crippen molar-refractivity contribution >= 4 is 22.6 Å². The van der Waals surface area contributed by atoms with Crippen LogP contribution in [0.3, 0.4) is 0 Å². The summed E-state index contributed by atoms with van der Waals surface area (Å²) in [6.07, 6.45) is 0.617. The topological polar surface area (TPSA) is 33.5 Å². The van der Waals surface area contributed by atoms with Gasteiger partial charge in [0, 0.05) is 24.0 Å². The Hall–Kier alpha value is -2.55. The first-order valence-corrected chi connectivity index (χ1v) is 8.49. The molecule has 0 aliphatic carbocycles. The fraction of sp³-hybridized carbons (Fsp3) is 0.286. The van der Waals surface area contributed by atoms with Gasteiger partial charge in [-0.15, -0.1) is 0 Å². The van der Waals surface area contributed by atoms with Gasteiger partial charge in [0.2, 0.25) is 5.91 Å². The summed E-state index contributed by atoms with van der Waals surface area (Å²) >= 11 is 0. The molecule has 1 amide bonds. The van der Waals surface area contributed by atoms with Crippen molar-refractivity contribution in [1.82, 2.24) is 0 Å². The number of carbonyl (C=O) groups excluding carboxylic acids is 1. The van der Waals surface area contributed by atoms with Crippen molar-refractivity contribution in [1.29, 1.82) is 0 Å². The number of nitrogens with zero attached hydrogens (tertiary/aromatic N) is 1. The number of fused-ring (bicyclic) bond motifs is 2. The Labute approximate surface area is 141 Å². The van der Waals surface area contributed by atoms with Gasteiger partial charge in [-0.1, -0.05) is 29.8 Å². The third kappa shape index (κ3) is 2.15. The van der Waals surface area contributed by atoms with Crippen molar-refractivity contribution < 1.29 is 9.21 Å². The Kier molecular flexibility index (Phi) is 3.45. The van der Waals surface area contributed by atoms with Gasteiger partial charge in [0.05, 0.1) is 5.92 Å². The van der Waals surface area contributed by atoms with Gasteiger partial charge in [-0.3, -0.25) is 4.79 Å². The predicted molar refractivity (Wildman–Crippen MR) is 96.6 cm³/mol. The lowest BCUT2D eigenvalue weighted by atomic mass is 9.94. The van der Waals surface area contributed by atoms with Gasteiger partial charge in [-0.25, -0.2) is 0 Å². The molecule has 2 aromatic carbocycles. The van der Waals surface area contributed by atoms with E-state index < -0.39 is 0 Å². The van der Waals surface area contributed by atoms with Crippen LogP contribution in [-0.4, -0.2) is 12.5 Å². The number of rotatable bonds is 3. The number of aryl methyl sites for hydroxylation is 2. The van der Waals surface area contributed by atoms with E-state index in [-0.39, 0.29) is 11.8 Å². The quantitative estimate of drug-likeness (QED) is 0.698. The van der Waals surface area contributed by atoms with Crippen LogP contribution in [0.5, 0.6) is 0 Å². The number of hydrogen-bond acceptors (Lipinski definition) is 2. The minimum Gasteiger partial charge on any atom is -0.461 e. The van der Waals surface area contributed by atoms with Crippen LogP contribution in [0.25, 0.3) is 11.0 Å². The SMILES string of the molecule is CCN1C(=O)[C@H](Cc2oc3ccc(C)cc3c2C)c2ccccc21. The highest BCUT2D eigenvalue weighted by molar-refractivity contribution is 6.05. The zero-order valence-corrected chi connectivity index (χ0v) is 14.3. The molecule has 4 rings (SSSR count). The average molecular weight is 319 g/mol. The van der Waals surface area contributed by atoms with Gasteiger partial charge in [-0.05, 0) is 50.1 Å². The van der Waals surface area contributed by atoms with Crippen LogP contribution >= 0.6 is 0 Å². The molecule has 1 aliphatic heterocycles. The maximum Gasteiger partial charge on any atom is 0.235 e. The molecule has 0 saturated heterocycles. The fourth-order valence-corrected chi connectivity index (χ4v) is 3.76. The van der Waals surface area contributed by atoms with Gasteiger partial charge in [0.15, 0.2) is 0 Å². The molecule has 0 fully saturated rings. The molecule has 1 aliphatic rings. The first-order chi connectivity index (χ1) is 11.6. The lowest BCUT2D eigenvalue weighted by molar-refractivity contribution is -0.119. The van der Waals surface area contributed by atoms with Crippen molar-refractivity contribution in [2.24, 2.45) is 0 Å². The first-order valence-electron chi connectivity index (χ1n) is 8.49. The maximum atomic E-state index is 12.9. The minimum atomic E-state index is -0.151. The highest BCUT2D eigenvalue weighted by Crippen LogP contribution is 2.40. The summed E-state index contributed by atoms with van der Waals surface area (Å²) in [5.74, 6) is 0.943. The van der Waals surface area contributed by atoms with Gasteiger partial charge < -0.3 is 9.32 Å². The number of carbonyl (C=O) groups is 1. The molecular formula is C21H21NO2. The van der Waals surface area contributed by atoms with E-state index in [0.717, 1.165) is 33.5 Å². The summed E-state index contributed by atoms with van der Waals surface area (Å²) in [6, 6.07) is 14.3. The molecule has 0 radical (unpaired) electrons. The summed E-state index contributed by atoms with van der Waals surface area (Å²) in [7, 11) is 0. The zero-order valence-electron chi connectivity index (χ0n) is 14.3. The number of amides is 1. The second-order valence-electron chi connectivity index (χ2n) is 6.55. The summed E-state index contributed by atoms with van der Waals surface area (Å²) in [5.41, 5.74) is 5.42. The van der Waals surface area contributed by atoms with E-state index in [4.69, 9.17) is 4.42 Å². The molecule has 3 heteroatoms. The lowest BCUT2D eigenvalue weighted by Gasteiger charge is -2.14. The second-order valence-corrected chi connectivity index (χ2v) is 6.55. The monoisotopic (exact) mass is 319 g/mol. The van der Waals surface area contributed by atoms with Crippen LogP contribution < -0.4 is 4.90 Å². The predicted octanol–water partition coefficient (Wildman–Crippen LogP) is 4.74. The van der Waals surface area contributed by atoms with Crippen molar-refractivity contribution in [2.75, 3.05) is 11.4 Å². The van der Waals surface area contributed by atoms with E-state index in [1.165, 1.54) is 5.56 Å². The molecule has 3 nitrogen and oxygen atoms in total. The molecule has 2 heterocycles. The van der Waals surface area contributed by atoms with Crippen LogP contribution in [0.4, 0.5) is 5.69 Å². The molecule has 0 unspecified atom stereocenters. The molecule has 3 aromatic rings. The Morgan fingerprint density at radius 3 is 2.71 bits per heavy atom. The Balaban J connectivity index is 1.76. The van der Waals surface area contributed by atoms with Crippen molar-refractivity contribution in [3.63, 3.8) is 0 Å². The fourth-order valence-electron chi connectivity index (χ4n) is 3.76. The van der Waals surface area contributed by atoms with E-state index in [9.17, 15) is 4.79 Å². The molecule has 0 spiro atoms. The lowest BCUT2D eigenvalue weighted by Crippen LogP contribution is -2.29. The van der Waals surface area contributed by atoms with E-state index in [1.54, 1.807) is 0 Å². The second kappa shape index (κ2) is 5.52. The maximum absolute atomic E-state index is 12.9. The Bertz CT molecular complexity index is 938. The number of hydrogen-bond donors (Lipinski definition) is 0. The van der Waals surface area contributed by atoms with Gasteiger partial charge >= 0.3 is 0 Å². The zero-order chi connectivity index (χ0) is 16.8. The highest BCUT2D eigenvalue weighted by atomic mass is 16.3. The molecule has 0 N–H and O–H groups in total.